The summed E-state index contributed by atoms with van der Waals surface area (Å²) < 4.78 is 68.3. The largest absolute Gasteiger partial charge is 0.472 e. The molecule has 0 spiro atoms. The number of phosphoric ester groups is 2. The molecule has 0 aromatic heterocycles. The van der Waals surface area contributed by atoms with E-state index in [1.54, 1.807) is 6.08 Å². The molecule has 0 saturated carbocycles. The molecule has 5 unspecified atom stereocenters. The summed E-state index contributed by atoms with van der Waals surface area (Å²) in [6.07, 6.45) is 85.5. The van der Waals surface area contributed by atoms with E-state index in [2.05, 4.69) is 161 Å². The van der Waals surface area contributed by atoms with Crippen molar-refractivity contribution in [3.05, 3.63) is 158 Å². The van der Waals surface area contributed by atoms with E-state index in [4.69, 9.17) is 37.0 Å². The highest BCUT2D eigenvalue weighted by molar-refractivity contribution is 7.47. The summed E-state index contributed by atoms with van der Waals surface area (Å²) in [5.74, 6) is -2.39. The number of unbranched alkanes of at least 4 members (excludes halogenated alkanes) is 20. The normalized spacial score (nSPS) is 14.8. The number of aliphatic hydroxyl groups is 1. The summed E-state index contributed by atoms with van der Waals surface area (Å²) in [6, 6.07) is 0. The fraction of sp³-hybridized carbons (Fsp3) is 0.639. The summed E-state index contributed by atoms with van der Waals surface area (Å²) in [4.78, 5) is 72.8. The maximum absolute atomic E-state index is 13.1. The number of rotatable bonds is 71. The number of esters is 4. The second kappa shape index (κ2) is 74.0. The van der Waals surface area contributed by atoms with Crippen molar-refractivity contribution in [2.75, 3.05) is 39.6 Å². The molecule has 3 N–H and O–H groups in total. The maximum Gasteiger partial charge on any atom is 0.472 e. The standard InChI is InChI=1S/C83H136O17P2/c1-5-9-13-17-21-25-29-33-36-37-38-39-42-45-48-52-56-60-64-68-81(86)94-74-79(100-83(88)70-66-62-58-54-50-46-41-35-31-27-23-19-15-11-7-3)76-98-102(91,92)96-72-77(84)71-95-101(89,90)97-75-78(99-82(87)69-65-61-57-53-49-43-32-28-24-20-16-12-8-4)73-93-80(85)67-63-59-55-51-47-44-40-34-30-26-22-18-14-10-6-2/h9-10,13-14,16,20-22,25-26,28,32-36,38-41,45,47-48,51,59,63,77-79,84H,5-8,11-12,15,17-19,23-24,27,29-31,37,42-44,46,49-50,52-58,60-62,64-76H2,1-4H3,(H,89,90)(H,91,92)/b13-9-,14-10-,20-16-,25-21-,26-22-,32-28-,36-33-,39-38-,40-34-,41-35-,48-45-,51-47-,63-59-. The summed E-state index contributed by atoms with van der Waals surface area (Å²) in [6.45, 7) is 4.38. The number of hydrogen-bond donors (Lipinski definition) is 3. The highest BCUT2D eigenvalue weighted by Gasteiger charge is 2.30. The van der Waals surface area contributed by atoms with Gasteiger partial charge in [-0.25, -0.2) is 9.13 Å². The molecule has 0 aliphatic carbocycles. The zero-order chi connectivity index (χ0) is 74.6. The van der Waals surface area contributed by atoms with Crippen LogP contribution in [0, 0.1) is 0 Å². The van der Waals surface area contributed by atoms with Crippen LogP contribution in [-0.2, 0) is 65.4 Å². The van der Waals surface area contributed by atoms with E-state index in [1.165, 1.54) is 38.5 Å². The average molecular weight is 1470 g/mol. The highest BCUT2D eigenvalue weighted by atomic mass is 31.2. The molecule has 0 aliphatic heterocycles. The first-order valence-corrected chi connectivity index (χ1v) is 41.7. The average Bonchev–Trinajstić information content (AvgIpc) is 0.924. The monoisotopic (exact) mass is 1470 g/mol. The van der Waals surface area contributed by atoms with Crippen LogP contribution in [0.4, 0.5) is 0 Å². The maximum atomic E-state index is 13.1. The van der Waals surface area contributed by atoms with Gasteiger partial charge < -0.3 is 33.8 Å². The molecule has 0 fully saturated rings. The molecule has 17 nitrogen and oxygen atoms in total. The van der Waals surface area contributed by atoms with E-state index in [0.29, 0.717) is 25.7 Å². The smallest absolute Gasteiger partial charge is 0.462 e. The zero-order valence-electron chi connectivity index (χ0n) is 63.2. The van der Waals surface area contributed by atoms with Gasteiger partial charge in [0.1, 0.15) is 19.3 Å². The molecular weight excluding hydrogens is 1330 g/mol. The van der Waals surface area contributed by atoms with Gasteiger partial charge >= 0.3 is 39.5 Å². The predicted molar refractivity (Wildman–Crippen MR) is 417 cm³/mol. The van der Waals surface area contributed by atoms with Crippen molar-refractivity contribution < 1.29 is 80.2 Å². The first-order valence-electron chi connectivity index (χ1n) is 38.7. The van der Waals surface area contributed by atoms with Crippen LogP contribution < -0.4 is 0 Å². The third kappa shape index (κ3) is 73.0. The van der Waals surface area contributed by atoms with E-state index in [1.807, 2.05) is 18.2 Å². The van der Waals surface area contributed by atoms with Gasteiger partial charge in [-0.2, -0.15) is 0 Å². The van der Waals surface area contributed by atoms with Crippen LogP contribution in [-0.4, -0.2) is 96.7 Å². The zero-order valence-corrected chi connectivity index (χ0v) is 65.0. The summed E-state index contributed by atoms with van der Waals surface area (Å²) in [5, 5.41) is 10.6. The van der Waals surface area contributed by atoms with Crippen LogP contribution in [0.2, 0.25) is 0 Å². The molecule has 0 radical (unpaired) electrons. The Kier molecular flexibility index (Phi) is 70.1. The summed E-state index contributed by atoms with van der Waals surface area (Å²) in [5.41, 5.74) is 0. The Morgan fingerprint density at radius 3 is 0.931 bits per heavy atom. The van der Waals surface area contributed by atoms with Crippen LogP contribution in [0.1, 0.15) is 285 Å². The van der Waals surface area contributed by atoms with Gasteiger partial charge in [-0.1, -0.05) is 269 Å². The van der Waals surface area contributed by atoms with Gasteiger partial charge in [0.2, 0.25) is 0 Å². The third-order valence-corrected chi connectivity index (χ3v) is 17.4. The van der Waals surface area contributed by atoms with Crippen molar-refractivity contribution in [2.24, 2.45) is 0 Å². The van der Waals surface area contributed by atoms with Crippen molar-refractivity contribution >= 4 is 39.5 Å². The molecule has 5 atom stereocenters. The van der Waals surface area contributed by atoms with Gasteiger partial charge in [0, 0.05) is 19.3 Å². The van der Waals surface area contributed by atoms with Crippen molar-refractivity contribution in [1.82, 2.24) is 0 Å². The molecule has 580 valence electrons. The van der Waals surface area contributed by atoms with Crippen molar-refractivity contribution in [3.8, 4) is 0 Å². The van der Waals surface area contributed by atoms with E-state index in [9.17, 15) is 43.2 Å². The second-order valence-electron chi connectivity index (χ2n) is 25.2. The van der Waals surface area contributed by atoms with Crippen LogP contribution in [0.15, 0.2) is 158 Å². The minimum atomic E-state index is -5.01. The summed E-state index contributed by atoms with van der Waals surface area (Å²) >= 11 is 0. The minimum Gasteiger partial charge on any atom is -0.462 e. The predicted octanol–water partition coefficient (Wildman–Crippen LogP) is 22.4. The fourth-order valence-electron chi connectivity index (χ4n) is 9.65. The molecule has 0 saturated heterocycles. The lowest BCUT2D eigenvalue weighted by Gasteiger charge is -2.21. The fourth-order valence-corrected chi connectivity index (χ4v) is 11.2. The van der Waals surface area contributed by atoms with Crippen LogP contribution in [0.25, 0.3) is 0 Å². The van der Waals surface area contributed by atoms with Gasteiger partial charge in [0.15, 0.2) is 12.2 Å². The first kappa shape index (κ1) is 96.7. The van der Waals surface area contributed by atoms with Crippen LogP contribution in [0.3, 0.4) is 0 Å². The van der Waals surface area contributed by atoms with Gasteiger partial charge in [-0.3, -0.25) is 37.3 Å². The van der Waals surface area contributed by atoms with E-state index >= 15 is 0 Å². The van der Waals surface area contributed by atoms with Crippen molar-refractivity contribution in [2.45, 2.75) is 303 Å². The lowest BCUT2D eigenvalue weighted by Crippen LogP contribution is -2.30. The molecule has 0 amide bonds. The molecular formula is C83H136O17P2. The van der Waals surface area contributed by atoms with Gasteiger partial charge in [0.25, 0.3) is 0 Å². The Bertz CT molecular complexity index is 2550. The Morgan fingerprint density at radius 2 is 0.569 bits per heavy atom. The van der Waals surface area contributed by atoms with Crippen LogP contribution in [0.5, 0.6) is 0 Å². The second-order valence-corrected chi connectivity index (χ2v) is 28.1. The SMILES string of the molecule is CC/C=C\C/C=C\C/C=C\C/C=C\C/C=C\CCCCCC(=O)OCC(COP(=O)(O)OCC(O)COP(=O)(O)OCC(COC(=O)C/C=C\C/C=C\C/C=C\C/C=C\C/C=C\CC)OC(=O)CCCCCCC/C=C\C/C=C\CCC)OC(=O)CCCCCCC/C=C\CCCCCCCC. The molecule has 0 aromatic carbocycles. The Hall–Kier alpha value is -5.32. The number of ether oxygens (including phenoxy) is 4. The van der Waals surface area contributed by atoms with Gasteiger partial charge in [-0.15, -0.1) is 0 Å². The lowest BCUT2D eigenvalue weighted by atomic mass is 10.1. The quantitative estimate of drug-likeness (QED) is 0.0169. The minimum absolute atomic E-state index is 0.0537. The van der Waals surface area contributed by atoms with Crippen molar-refractivity contribution in [3.63, 3.8) is 0 Å². The molecule has 0 aromatic rings. The molecule has 0 heterocycles. The Balaban J connectivity index is 5.47. The number of aliphatic hydroxyl groups excluding tert-OH is 1. The Labute approximate surface area is 617 Å². The topological polar surface area (TPSA) is 237 Å². The van der Waals surface area contributed by atoms with Crippen molar-refractivity contribution in [1.29, 1.82) is 0 Å². The van der Waals surface area contributed by atoms with E-state index in [0.717, 1.165) is 167 Å². The third-order valence-electron chi connectivity index (χ3n) is 15.5. The molecule has 0 aliphatic rings. The summed E-state index contributed by atoms with van der Waals surface area (Å²) in [7, 11) is -10.0. The first-order chi connectivity index (χ1) is 49.7. The molecule has 19 heteroatoms. The Morgan fingerprint density at radius 1 is 0.294 bits per heavy atom. The molecule has 0 rings (SSSR count). The molecule has 102 heavy (non-hydrogen) atoms. The van der Waals surface area contributed by atoms with E-state index in [-0.39, 0.29) is 25.7 Å². The number of allylic oxidation sites excluding steroid dienone is 25. The lowest BCUT2D eigenvalue weighted by molar-refractivity contribution is -0.161. The number of hydrogen-bond acceptors (Lipinski definition) is 15. The number of phosphoric acid groups is 2. The van der Waals surface area contributed by atoms with Crippen LogP contribution >= 0.6 is 15.6 Å². The van der Waals surface area contributed by atoms with E-state index < -0.39 is 97.5 Å². The molecule has 0 bridgehead atoms. The highest BCUT2D eigenvalue weighted by Crippen LogP contribution is 2.45. The van der Waals surface area contributed by atoms with Gasteiger partial charge in [-0.05, 0) is 148 Å². The van der Waals surface area contributed by atoms with Gasteiger partial charge in [0.05, 0.1) is 32.8 Å². The number of carbonyl (C=O) groups excluding carboxylic acids is 4. The number of carbonyl (C=O) groups is 4.